The minimum atomic E-state index is -4.58. The Morgan fingerprint density at radius 3 is 2.57 bits per heavy atom. The second-order valence-corrected chi connectivity index (χ2v) is 6.65. The summed E-state index contributed by atoms with van der Waals surface area (Å²) in [5.74, 6) is -1.11. The summed E-state index contributed by atoms with van der Waals surface area (Å²) in [6.07, 6.45) is -3.88. The van der Waals surface area contributed by atoms with Crippen molar-refractivity contribution in [3.05, 3.63) is 75.4 Å². The lowest BCUT2D eigenvalue weighted by Gasteiger charge is -2.18. The molecule has 146 valence electrons. The molecule has 0 saturated heterocycles. The lowest BCUT2D eigenvalue weighted by molar-refractivity contribution is -0.138. The molecule has 0 aliphatic carbocycles. The third-order valence-electron chi connectivity index (χ3n) is 3.78. The molecule has 0 bridgehead atoms. The summed E-state index contributed by atoms with van der Waals surface area (Å²) in [4.78, 5) is 29.2. The van der Waals surface area contributed by atoms with E-state index in [1.165, 1.54) is 30.5 Å². The number of alkyl halides is 3. The van der Waals surface area contributed by atoms with Gasteiger partial charge in [-0.3, -0.25) is 14.5 Å². The molecule has 0 aliphatic rings. The molecule has 1 amide bonds. The zero-order chi connectivity index (χ0) is 20.5. The van der Waals surface area contributed by atoms with Crippen LogP contribution in [0.5, 0.6) is 0 Å². The Balaban J connectivity index is 1.93. The number of benzene rings is 1. The molecule has 2 heterocycles. The largest absolute Gasteiger partial charge is 0.417 e. The van der Waals surface area contributed by atoms with Crippen LogP contribution < -0.4 is 10.5 Å². The lowest BCUT2D eigenvalue weighted by Crippen LogP contribution is -2.24. The van der Waals surface area contributed by atoms with E-state index in [-0.39, 0.29) is 23.1 Å². The Labute approximate surface area is 160 Å². The van der Waals surface area contributed by atoms with E-state index >= 15 is 0 Å². The van der Waals surface area contributed by atoms with Gasteiger partial charge >= 0.3 is 6.18 Å². The van der Waals surface area contributed by atoms with Crippen LogP contribution in [0.4, 0.5) is 28.4 Å². The van der Waals surface area contributed by atoms with E-state index in [4.69, 9.17) is 0 Å². The van der Waals surface area contributed by atoms with E-state index < -0.39 is 29.0 Å². The first-order valence-corrected chi connectivity index (χ1v) is 8.82. The van der Waals surface area contributed by atoms with Crippen LogP contribution in [0.25, 0.3) is 0 Å². The molecule has 0 aliphatic heterocycles. The third kappa shape index (κ3) is 4.11. The van der Waals surface area contributed by atoms with Crippen molar-refractivity contribution >= 4 is 28.1 Å². The summed E-state index contributed by atoms with van der Waals surface area (Å²) in [5.41, 5.74) is -1.31. The van der Waals surface area contributed by atoms with Crippen molar-refractivity contribution in [2.45, 2.75) is 19.6 Å². The topological polar surface area (TPSA) is 55.2 Å². The smallest absolute Gasteiger partial charge is 0.309 e. The quantitative estimate of drug-likeness (QED) is 0.605. The Morgan fingerprint density at radius 1 is 1.21 bits per heavy atom. The second-order valence-electron chi connectivity index (χ2n) is 5.81. The number of amides is 1. The van der Waals surface area contributed by atoms with Crippen molar-refractivity contribution in [1.29, 1.82) is 0 Å². The highest BCUT2D eigenvalue weighted by atomic mass is 32.1. The zero-order valence-corrected chi connectivity index (χ0v) is 15.2. The maximum Gasteiger partial charge on any atom is 0.417 e. The molecule has 0 atom stereocenters. The molecule has 2 aromatic heterocycles. The molecule has 28 heavy (non-hydrogen) atoms. The molecular weight excluding hydrogens is 398 g/mol. The van der Waals surface area contributed by atoms with Crippen LogP contribution in [-0.2, 0) is 17.5 Å². The summed E-state index contributed by atoms with van der Waals surface area (Å²) >= 11 is 1.01. The van der Waals surface area contributed by atoms with Crippen molar-refractivity contribution < 1.29 is 22.4 Å². The average Bonchev–Trinajstić information content (AvgIpc) is 3.05. The van der Waals surface area contributed by atoms with Gasteiger partial charge in [0, 0.05) is 24.6 Å². The first-order valence-electron chi connectivity index (χ1n) is 7.94. The second kappa shape index (κ2) is 7.55. The van der Waals surface area contributed by atoms with Gasteiger partial charge in [-0.15, -0.1) is 11.3 Å². The Morgan fingerprint density at radius 2 is 1.93 bits per heavy atom. The Kier molecular flexibility index (Phi) is 5.32. The van der Waals surface area contributed by atoms with E-state index in [9.17, 15) is 27.2 Å². The standard InChI is InChI=1S/C18H13F4N3O2S/c1-11(26)25(15-5-3-2-4-14(15)19)17-23-13(10-28-17)9-24-8-12(18(20,21)22)6-7-16(24)27/h2-8,10H,9H2,1H3. The van der Waals surface area contributed by atoms with Crippen molar-refractivity contribution in [1.82, 2.24) is 9.55 Å². The van der Waals surface area contributed by atoms with Crippen LogP contribution in [-0.4, -0.2) is 15.5 Å². The molecule has 0 saturated carbocycles. The number of para-hydroxylation sites is 1. The zero-order valence-electron chi connectivity index (χ0n) is 14.4. The lowest BCUT2D eigenvalue weighted by atomic mass is 10.2. The predicted octanol–water partition coefficient (Wildman–Crippen LogP) is 4.20. The number of carbonyl (C=O) groups is 1. The van der Waals surface area contributed by atoms with Gasteiger partial charge < -0.3 is 4.57 Å². The van der Waals surface area contributed by atoms with Gasteiger partial charge in [0.1, 0.15) is 5.82 Å². The van der Waals surface area contributed by atoms with E-state index in [0.29, 0.717) is 12.3 Å². The van der Waals surface area contributed by atoms with Gasteiger partial charge in [0.05, 0.1) is 23.5 Å². The number of nitrogens with zero attached hydrogens (tertiary/aromatic N) is 3. The molecule has 0 N–H and O–H groups in total. The van der Waals surface area contributed by atoms with Crippen LogP contribution in [0, 0.1) is 5.82 Å². The number of thiazole rings is 1. The minimum absolute atomic E-state index is 0.00661. The number of halogens is 4. The number of carbonyl (C=O) groups excluding carboxylic acids is 1. The van der Waals surface area contributed by atoms with Crippen molar-refractivity contribution in [2.75, 3.05) is 4.90 Å². The average molecular weight is 411 g/mol. The number of anilines is 2. The van der Waals surface area contributed by atoms with E-state index in [0.717, 1.165) is 26.9 Å². The van der Waals surface area contributed by atoms with E-state index in [2.05, 4.69) is 4.98 Å². The minimum Gasteiger partial charge on any atom is -0.309 e. The van der Waals surface area contributed by atoms with Gasteiger partial charge in [0.2, 0.25) is 5.91 Å². The van der Waals surface area contributed by atoms with Crippen LogP contribution in [0.3, 0.4) is 0 Å². The molecule has 3 aromatic rings. The SMILES string of the molecule is CC(=O)N(c1nc(Cn2cc(C(F)(F)F)ccc2=O)cs1)c1ccccc1F. The van der Waals surface area contributed by atoms with Gasteiger partial charge in [0.15, 0.2) is 5.13 Å². The molecule has 10 heteroatoms. The van der Waals surface area contributed by atoms with Crippen molar-refractivity contribution in [2.24, 2.45) is 0 Å². The molecule has 1 aromatic carbocycles. The maximum absolute atomic E-state index is 14.1. The fourth-order valence-electron chi connectivity index (χ4n) is 2.51. The van der Waals surface area contributed by atoms with Crippen LogP contribution in [0.2, 0.25) is 0 Å². The molecule has 5 nitrogen and oxygen atoms in total. The monoisotopic (exact) mass is 411 g/mol. The van der Waals surface area contributed by atoms with Gasteiger partial charge in [-0.1, -0.05) is 12.1 Å². The first kappa shape index (κ1) is 19.7. The van der Waals surface area contributed by atoms with Gasteiger partial charge in [-0.05, 0) is 18.2 Å². The van der Waals surface area contributed by atoms with Crippen LogP contribution >= 0.6 is 11.3 Å². The summed E-state index contributed by atoms with van der Waals surface area (Å²) in [6.45, 7) is 1.02. The normalized spacial score (nSPS) is 11.5. The number of hydrogen-bond donors (Lipinski definition) is 0. The number of aromatic nitrogens is 2. The van der Waals surface area contributed by atoms with E-state index in [1.807, 2.05) is 0 Å². The van der Waals surface area contributed by atoms with Crippen molar-refractivity contribution in [3.8, 4) is 0 Å². The van der Waals surface area contributed by atoms with Crippen LogP contribution in [0.15, 0.2) is 52.8 Å². The summed E-state index contributed by atoms with van der Waals surface area (Å²) in [6, 6.07) is 7.19. The fourth-order valence-corrected chi connectivity index (χ4v) is 3.38. The van der Waals surface area contributed by atoms with Crippen molar-refractivity contribution in [3.63, 3.8) is 0 Å². The fraction of sp³-hybridized carbons (Fsp3) is 0.167. The van der Waals surface area contributed by atoms with Gasteiger partial charge in [-0.25, -0.2) is 9.37 Å². The highest BCUT2D eigenvalue weighted by molar-refractivity contribution is 7.14. The molecule has 0 radical (unpaired) electrons. The Bertz CT molecular complexity index is 1070. The number of hydrogen-bond acceptors (Lipinski definition) is 4. The molecular formula is C18H13F4N3O2S. The predicted molar refractivity (Wildman–Crippen MR) is 96.1 cm³/mol. The summed E-state index contributed by atoms with van der Waals surface area (Å²) < 4.78 is 53.5. The van der Waals surface area contributed by atoms with Crippen LogP contribution in [0.1, 0.15) is 18.2 Å². The number of pyridine rings is 1. The summed E-state index contributed by atoms with van der Waals surface area (Å²) in [7, 11) is 0. The maximum atomic E-state index is 14.1. The van der Waals surface area contributed by atoms with E-state index in [1.54, 1.807) is 6.07 Å². The Hall–Kier alpha value is -3.01. The molecule has 0 spiro atoms. The summed E-state index contributed by atoms with van der Waals surface area (Å²) in [5, 5.41) is 1.64. The highest BCUT2D eigenvalue weighted by Crippen LogP contribution is 2.31. The molecule has 3 rings (SSSR count). The number of rotatable bonds is 4. The first-order chi connectivity index (χ1) is 13.2. The van der Waals surface area contributed by atoms with Gasteiger partial charge in [-0.2, -0.15) is 13.2 Å². The highest BCUT2D eigenvalue weighted by Gasteiger charge is 2.31. The molecule has 0 fully saturated rings. The third-order valence-corrected chi connectivity index (χ3v) is 4.66. The van der Waals surface area contributed by atoms with Gasteiger partial charge in [0.25, 0.3) is 5.56 Å². The molecule has 0 unspecified atom stereocenters.